The van der Waals surface area contributed by atoms with Crippen LogP contribution in [-0.2, 0) is 18.5 Å². The summed E-state index contributed by atoms with van der Waals surface area (Å²) in [7, 11) is 1.78. The van der Waals surface area contributed by atoms with Crippen molar-refractivity contribution < 1.29 is 4.74 Å². The van der Waals surface area contributed by atoms with E-state index in [4.69, 9.17) is 4.74 Å². The third kappa shape index (κ3) is 2.73. The molecule has 0 amide bonds. The lowest BCUT2D eigenvalue weighted by molar-refractivity contribution is 0.279. The molecule has 0 aliphatic heterocycles. The summed E-state index contributed by atoms with van der Waals surface area (Å²) in [6.45, 7) is 3.28. The Morgan fingerprint density at radius 1 is 1.17 bits per heavy atom. The van der Waals surface area contributed by atoms with E-state index in [-0.39, 0.29) is 5.54 Å². The van der Waals surface area contributed by atoms with Gasteiger partial charge in [0.15, 0.2) is 0 Å². The van der Waals surface area contributed by atoms with Crippen LogP contribution in [0.2, 0.25) is 0 Å². The van der Waals surface area contributed by atoms with E-state index in [1.165, 1.54) is 48.8 Å². The monoisotopic (exact) mass is 321 g/mol. The summed E-state index contributed by atoms with van der Waals surface area (Å²) in [5, 5.41) is 3.86. The van der Waals surface area contributed by atoms with Gasteiger partial charge in [-0.05, 0) is 79.3 Å². The predicted molar refractivity (Wildman–Crippen MR) is 98.5 cm³/mol. The number of hydrogen-bond acceptors (Lipinski definition) is 2. The van der Waals surface area contributed by atoms with Crippen LogP contribution in [0, 0.1) is 0 Å². The first-order valence-corrected chi connectivity index (χ1v) is 9.20. The first-order chi connectivity index (χ1) is 11.7. The molecule has 0 spiro atoms. The summed E-state index contributed by atoms with van der Waals surface area (Å²) < 4.78 is 5.61. The molecule has 0 fully saturated rings. The van der Waals surface area contributed by atoms with Crippen LogP contribution >= 0.6 is 0 Å². The maximum Gasteiger partial charge on any atom is 0.119 e. The number of methoxy groups -OCH3 is 1. The Morgan fingerprint density at radius 2 is 2.00 bits per heavy atom. The third-order valence-electron chi connectivity index (χ3n) is 5.99. The lowest BCUT2D eigenvalue weighted by Gasteiger charge is -2.43. The second kappa shape index (κ2) is 6.25. The Kier molecular flexibility index (Phi) is 4.09. The second-order valence-corrected chi connectivity index (χ2v) is 7.55. The van der Waals surface area contributed by atoms with Crippen molar-refractivity contribution >= 4 is 0 Å². The quantitative estimate of drug-likeness (QED) is 0.863. The molecule has 0 saturated carbocycles. The molecule has 0 unspecified atom stereocenters. The molecule has 2 heteroatoms. The topological polar surface area (TPSA) is 21.3 Å². The van der Waals surface area contributed by atoms with Gasteiger partial charge in [0, 0.05) is 12.1 Å². The van der Waals surface area contributed by atoms with E-state index in [1.807, 2.05) is 0 Å². The molecule has 2 aliphatic rings. The minimum atomic E-state index is 0.0301. The first-order valence-electron chi connectivity index (χ1n) is 9.20. The Hall–Kier alpha value is -1.80. The van der Waals surface area contributed by atoms with Crippen molar-refractivity contribution in [2.45, 2.75) is 57.0 Å². The highest BCUT2D eigenvalue weighted by Gasteiger charge is 2.38. The number of rotatable bonds is 4. The zero-order valence-electron chi connectivity index (χ0n) is 14.8. The van der Waals surface area contributed by atoms with Gasteiger partial charge in [-0.3, -0.25) is 0 Å². The molecule has 0 radical (unpaired) electrons. The highest BCUT2D eigenvalue weighted by atomic mass is 16.5. The fourth-order valence-corrected chi connectivity index (χ4v) is 4.59. The second-order valence-electron chi connectivity index (χ2n) is 7.55. The van der Waals surface area contributed by atoms with E-state index in [0.717, 1.165) is 18.2 Å². The lowest BCUT2D eigenvalue weighted by atomic mass is 9.67. The molecule has 0 heterocycles. The van der Waals surface area contributed by atoms with Gasteiger partial charge in [0.05, 0.1) is 7.11 Å². The van der Waals surface area contributed by atoms with Crippen LogP contribution in [-0.4, -0.2) is 7.11 Å². The molecule has 1 N–H and O–H groups in total. The molecule has 2 aromatic rings. The van der Waals surface area contributed by atoms with Crippen LogP contribution in [0.25, 0.3) is 0 Å². The van der Waals surface area contributed by atoms with Crippen molar-refractivity contribution in [1.82, 2.24) is 5.32 Å². The van der Waals surface area contributed by atoms with E-state index in [1.54, 1.807) is 12.7 Å². The van der Waals surface area contributed by atoms with Crippen molar-refractivity contribution in [3.8, 4) is 5.75 Å². The molecule has 2 atom stereocenters. The van der Waals surface area contributed by atoms with E-state index < -0.39 is 0 Å². The smallest absolute Gasteiger partial charge is 0.119 e. The van der Waals surface area contributed by atoms with Crippen molar-refractivity contribution in [2.75, 3.05) is 7.11 Å². The van der Waals surface area contributed by atoms with Crippen molar-refractivity contribution in [3.63, 3.8) is 0 Å². The minimum Gasteiger partial charge on any atom is -0.497 e. The number of aryl methyl sites for hydroxylation is 1. The summed E-state index contributed by atoms with van der Waals surface area (Å²) in [6.07, 6.45) is 6.36. The van der Waals surface area contributed by atoms with Gasteiger partial charge >= 0.3 is 0 Å². The number of nitrogens with one attached hydrogen (secondary N) is 1. The molecule has 2 nitrogen and oxygen atoms in total. The van der Waals surface area contributed by atoms with Gasteiger partial charge in [-0.25, -0.2) is 0 Å². The van der Waals surface area contributed by atoms with Crippen molar-refractivity contribution in [1.29, 1.82) is 0 Å². The van der Waals surface area contributed by atoms with Gasteiger partial charge in [-0.1, -0.05) is 30.3 Å². The van der Waals surface area contributed by atoms with Crippen LogP contribution < -0.4 is 10.1 Å². The van der Waals surface area contributed by atoms with Crippen LogP contribution in [0.3, 0.4) is 0 Å². The molecular weight excluding hydrogens is 294 g/mol. The third-order valence-corrected chi connectivity index (χ3v) is 5.99. The predicted octanol–water partition coefficient (Wildman–Crippen LogP) is 4.91. The van der Waals surface area contributed by atoms with Gasteiger partial charge < -0.3 is 10.1 Å². The maximum atomic E-state index is 5.61. The van der Waals surface area contributed by atoms with E-state index in [0.29, 0.717) is 0 Å². The van der Waals surface area contributed by atoms with E-state index >= 15 is 0 Å². The van der Waals surface area contributed by atoms with Gasteiger partial charge in [0.2, 0.25) is 0 Å². The zero-order valence-corrected chi connectivity index (χ0v) is 14.8. The molecule has 2 aliphatic carbocycles. The maximum absolute atomic E-state index is 5.61. The van der Waals surface area contributed by atoms with Gasteiger partial charge in [0.1, 0.15) is 5.75 Å². The average molecular weight is 321 g/mol. The van der Waals surface area contributed by atoms with Crippen LogP contribution in [0.4, 0.5) is 0 Å². The molecule has 0 bridgehead atoms. The van der Waals surface area contributed by atoms with Crippen molar-refractivity contribution in [3.05, 3.63) is 64.7 Å². The minimum absolute atomic E-state index is 0.0301. The molecule has 24 heavy (non-hydrogen) atoms. The fourth-order valence-electron chi connectivity index (χ4n) is 4.59. The van der Waals surface area contributed by atoms with Crippen LogP contribution in [0.1, 0.15) is 60.8 Å². The Morgan fingerprint density at radius 3 is 2.79 bits per heavy atom. The molecule has 126 valence electrons. The zero-order chi connectivity index (χ0) is 16.6. The van der Waals surface area contributed by atoms with Crippen LogP contribution in [0.5, 0.6) is 5.75 Å². The first kappa shape index (κ1) is 15.7. The highest BCUT2D eigenvalue weighted by Crippen LogP contribution is 2.48. The normalized spacial score (nSPS) is 25.2. The molecular formula is C22H27NO. The summed E-state index contributed by atoms with van der Waals surface area (Å²) in [5.41, 5.74) is 5.99. The average Bonchev–Trinajstić information content (AvgIpc) is 2.64. The SMILES string of the molecule is COc1cc2c3c(c1)[C@@](C)(NCc1ccccc1)CC[C@H]3CCC2. The van der Waals surface area contributed by atoms with Crippen LogP contribution in [0.15, 0.2) is 42.5 Å². The number of hydrogen-bond donors (Lipinski definition) is 1. The Labute approximate surface area is 145 Å². The molecule has 4 rings (SSSR count). The number of ether oxygens (including phenoxy) is 1. The number of benzene rings is 2. The standard InChI is InChI=1S/C22H27NO/c1-22(23-15-16-7-4-3-5-8-16)12-11-17-9-6-10-18-13-19(24-2)14-20(22)21(17)18/h3-5,7-8,13-14,17,23H,6,9-12,15H2,1-2H3/t17-,22+/m1/s1. The summed E-state index contributed by atoms with van der Waals surface area (Å²) in [6, 6.07) is 15.3. The Bertz CT molecular complexity index is 724. The lowest BCUT2D eigenvalue weighted by Crippen LogP contribution is -2.43. The highest BCUT2D eigenvalue weighted by molar-refractivity contribution is 5.50. The van der Waals surface area contributed by atoms with E-state index in [9.17, 15) is 0 Å². The van der Waals surface area contributed by atoms with E-state index in [2.05, 4.69) is 54.7 Å². The molecule has 0 saturated heterocycles. The fraction of sp³-hybridized carbons (Fsp3) is 0.455. The summed E-state index contributed by atoms with van der Waals surface area (Å²) in [4.78, 5) is 0. The molecule has 2 aromatic carbocycles. The summed E-state index contributed by atoms with van der Waals surface area (Å²) >= 11 is 0. The largest absolute Gasteiger partial charge is 0.497 e. The Balaban J connectivity index is 1.70. The van der Waals surface area contributed by atoms with Crippen molar-refractivity contribution in [2.24, 2.45) is 0 Å². The summed E-state index contributed by atoms with van der Waals surface area (Å²) in [5.74, 6) is 1.76. The van der Waals surface area contributed by atoms with Gasteiger partial charge in [-0.15, -0.1) is 0 Å². The van der Waals surface area contributed by atoms with Gasteiger partial charge in [0.25, 0.3) is 0 Å². The molecule has 0 aromatic heterocycles. The van der Waals surface area contributed by atoms with Gasteiger partial charge in [-0.2, -0.15) is 0 Å².